The molecule has 1 heterocycles. The second-order valence-corrected chi connectivity index (χ2v) is 7.40. The third-order valence-electron chi connectivity index (χ3n) is 4.27. The summed E-state index contributed by atoms with van der Waals surface area (Å²) in [6.45, 7) is 11.7. The van der Waals surface area contributed by atoms with Crippen LogP contribution in [0.5, 0.6) is 0 Å². The van der Waals surface area contributed by atoms with Crippen molar-refractivity contribution in [1.29, 1.82) is 0 Å². The molecule has 0 aromatic carbocycles. The maximum atomic E-state index is 12.3. The number of carbonyl (C=O) groups is 2. The van der Waals surface area contributed by atoms with Gasteiger partial charge in [0.1, 0.15) is 0 Å². The van der Waals surface area contributed by atoms with Gasteiger partial charge in [0.05, 0.1) is 24.4 Å². The van der Waals surface area contributed by atoms with Crippen LogP contribution in [-0.4, -0.2) is 65.1 Å². The minimum absolute atomic E-state index is 0.384. The van der Waals surface area contributed by atoms with Crippen LogP contribution in [0, 0.1) is 11.8 Å². The van der Waals surface area contributed by atoms with E-state index in [-0.39, 0.29) is 12.2 Å². The fraction of sp³-hybridized carbons (Fsp3) is 0.889. The smallest absolute Gasteiger partial charge is 0.339 e. The molecule has 152 valence electrons. The van der Waals surface area contributed by atoms with Gasteiger partial charge in [0, 0.05) is 11.8 Å². The SMILES string of the molecule is CC(C)OC(=O)[C@@H]1OC([C@@H](C)[C@H](O)[C@H](C)[C@@H](C)O)O[C@H]1C(=O)OC(C)C. The van der Waals surface area contributed by atoms with Gasteiger partial charge >= 0.3 is 11.9 Å². The average molecular weight is 376 g/mol. The highest BCUT2D eigenvalue weighted by Gasteiger charge is 2.50. The van der Waals surface area contributed by atoms with Gasteiger partial charge in [0.25, 0.3) is 0 Å². The lowest BCUT2D eigenvalue weighted by Crippen LogP contribution is -2.40. The first kappa shape index (κ1) is 22.8. The first-order valence-corrected chi connectivity index (χ1v) is 9.03. The summed E-state index contributed by atoms with van der Waals surface area (Å²) in [5, 5.41) is 20.1. The molecule has 0 aromatic rings. The maximum absolute atomic E-state index is 12.3. The van der Waals surface area contributed by atoms with Crippen LogP contribution in [0.25, 0.3) is 0 Å². The first-order chi connectivity index (χ1) is 12.0. The summed E-state index contributed by atoms with van der Waals surface area (Å²) in [5.41, 5.74) is 0. The summed E-state index contributed by atoms with van der Waals surface area (Å²) >= 11 is 0. The number of carbonyl (C=O) groups excluding carboxylic acids is 2. The molecule has 26 heavy (non-hydrogen) atoms. The Morgan fingerprint density at radius 3 is 1.50 bits per heavy atom. The molecule has 1 saturated heterocycles. The van der Waals surface area contributed by atoms with Crippen molar-refractivity contribution in [3.8, 4) is 0 Å². The molecule has 0 bridgehead atoms. The first-order valence-electron chi connectivity index (χ1n) is 9.03. The van der Waals surface area contributed by atoms with Crippen molar-refractivity contribution in [1.82, 2.24) is 0 Å². The molecule has 0 aliphatic carbocycles. The van der Waals surface area contributed by atoms with Crippen LogP contribution in [0.4, 0.5) is 0 Å². The van der Waals surface area contributed by atoms with Crippen molar-refractivity contribution in [2.24, 2.45) is 11.8 Å². The average Bonchev–Trinajstić information content (AvgIpc) is 2.96. The van der Waals surface area contributed by atoms with Crippen LogP contribution in [0.3, 0.4) is 0 Å². The van der Waals surface area contributed by atoms with Gasteiger partial charge < -0.3 is 29.2 Å². The number of esters is 2. The van der Waals surface area contributed by atoms with E-state index in [0.29, 0.717) is 0 Å². The van der Waals surface area contributed by atoms with Crippen molar-refractivity contribution in [2.75, 3.05) is 0 Å². The van der Waals surface area contributed by atoms with E-state index in [1.165, 1.54) is 0 Å². The van der Waals surface area contributed by atoms with Gasteiger partial charge in [-0.25, -0.2) is 9.59 Å². The zero-order chi connectivity index (χ0) is 20.2. The molecular formula is C18H32O8. The molecule has 6 atom stereocenters. The van der Waals surface area contributed by atoms with E-state index in [2.05, 4.69) is 0 Å². The molecule has 0 saturated carbocycles. The second-order valence-electron chi connectivity index (χ2n) is 7.40. The number of aliphatic hydroxyl groups is 2. The Kier molecular flexibility index (Phi) is 8.46. The number of hydrogen-bond donors (Lipinski definition) is 2. The van der Waals surface area contributed by atoms with Crippen LogP contribution < -0.4 is 0 Å². The van der Waals surface area contributed by atoms with Crippen molar-refractivity contribution in [3.05, 3.63) is 0 Å². The number of hydrogen-bond acceptors (Lipinski definition) is 8. The van der Waals surface area contributed by atoms with Gasteiger partial charge in [0.2, 0.25) is 0 Å². The Bertz CT molecular complexity index is 446. The highest BCUT2D eigenvalue weighted by atomic mass is 16.8. The normalized spacial score (nSPS) is 25.8. The van der Waals surface area contributed by atoms with Gasteiger partial charge in [-0.1, -0.05) is 13.8 Å². The Labute approximate surface area is 154 Å². The van der Waals surface area contributed by atoms with E-state index >= 15 is 0 Å². The molecule has 8 nitrogen and oxygen atoms in total. The third kappa shape index (κ3) is 5.90. The minimum atomic E-state index is -1.27. The van der Waals surface area contributed by atoms with Crippen molar-refractivity contribution < 1.29 is 38.7 Å². The van der Waals surface area contributed by atoms with E-state index in [1.54, 1.807) is 48.5 Å². The van der Waals surface area contributed by atoms with Crippen LogP contribution in [0.2, 0.25) is 0 Å². The summed E-state index contributed by atoms with van der Waals surface area (Å²) in [5.74, 6) is -2.48. The summed E-state index contributed by atoms with van der Waals surface area (Å²) in [6.07, 6.45) is -6.02. The van der Waals surface area contributed by atoms with Crippen LogP contribution in [0.1, 0.15) is 48.5 Å². The second kappa shape index (κ2) is 9.64. The van der Waals surface area contributed by atoms with Crippen LogP contribution in [0.15, 0.2) is 0 Å². The molecule has 1 fully saturated rings. The Morgan fingerprint density at radius 2 is 1.19 bits per heavy atom. The highest BCUT2D eigenvalue weighted by Crippen LogP contribution is 2.31. The number of ether oxygens (including phenoxy) is 4. The van der Waals surface area contributed by atoms with Gasteiger partial charge in [-0.05, 0) is 34.6 Å². The molecule has 0 spiro atoms. The molecule has 0 radical (unpaired) electrons. The van der Waals surface area contributed by atoms with Crippen molar-refractivity contribution in [2.45, 2.75) is 91.4 Å². The Hall–Kier alpha value is -1.22. The minimum Gasteiger partial charge on any atom is -0.461 e. The number of rotatable bonds is 8. The van der Waals surface area contributed by atoms with E-state index in [0.717, 1.165) is 0 Å². The van der Waals surface area contributed by atoms with Gasteiger partial charge in [-0.15, -0.1) is 0 Å². The lowest BCUT2D eigenvalue weighted by molar-refractivity contribution is -0.170. The monoisotopic (exact) mass is 376 g/mol. The van der Waals surface area contributed by atoms with Crippen LogP contribution >= 0.6 is 0 Å². The van der Waals surface area contributed by atoms with Crippen molar-refractivity contribution in [3.63, 3.8) is 0 Å². The summed E-state index contributed by atoms with van der Waals surface area (Å²) in [7, 11) is 0. The largest absolute Gasteiger partial charge is 0.461 e. The Balaban J connectivity index is 2.94. The topological polar surface area (TPSA) is 112 Å². The van der Waals surface area contributed by atoms with Crippen molar-refractivity contribution >= 4 is 11.9 Å². The van der Waals surface area contributed by atoms with Gasteiger partial charge in [0.15, 0.2) is 18.5 Å². The maximum Gasteiger partial charge on any atom is 0.339 e. The fourth-order valence-electron chi connectivity index (χ4n) is 2.59. The quantitative estimate of drug-likeness (QED) is 0.604. The van der Waals surface area contributed by atoms with Gasteiger partial charge in [-0.2, -0.15) is 0 Å². The van der Waals surface area contributed by atoms with Gasteiger partial charge in [-0.3, -0.25) is 0 Å². The molecule has 0 unspecified atom stereocenters. The fourth-order valence-corrected chi connectivity index (χ4v) is 2.59. The van der Waals surface area contributed by atoms with E-state index in [4.69, 9.17) is 18.9 Å². The summed E-state index contributed by atoms with van der Waals surface area (Å²) in [4.78, 5) is 24.6. The molecule has 2 N–H and O–H groups in total. The van der Waals surface area contributed by atoms with E-state index in [9.17, 15) is 19.8 Å². The predicted molar refractivity (Wildman–Crippen MR) is 92.0 cm³/mol. The summed E-state index contributed by atoms with van der Waals surface area (Å²) in [6, 6.07) is 0. The lowest BCUT2D eigenvalue weighted by Gasteiger charge is -2.29. The molecule has 0 aromatic heterocycles. The number of aliphatic hydroxyl groups excluding tert-OH is 2. The molecule has 1 aliphatic heterocycles. The molecule has 0 amide bonds. The zero-order valence-corrected chi connectivity index (χ0v) is 16.5. The molecular weight excluding hydrogens is 344 g/mol. The van der Waals surface area contributed by atoms with Crippen LogP contribution in [-0.2, 0) is 28.5 Å². The standard InChI is InChI=1S/C18H32O8/c1-8(2)23-16(21)14-15(17(22)24-9(3)4)26-18(25-14)11(6)13(20)10(5)12(7)19/h8-15,18-20H,1-7H3/t10-,11+,12-,13-,14-,15-/m1/s1. The highest BCUT2D eigenvalue weighted by molar-refractivity contribution is 5.86. The third-order valence-corrected chi connectivity index (χ3v) is 4.27. The van der Waals surface area contributed by atoms with E-state index < -0.39 is 54.5 Å². The molecule has 8 heteroatoms. The summed E-state index contributed by atoms with van der Waals surface area (Å²) < 4.78 is 21.5. The molecule has 1 aliphatic rings. The predicted octanol–water partition coefficient (Wildman–Crippen LogP) is 1.01. The van der Waals surface area contributed by atoms with E-state index in [1.807, 2.05) is 0 Å². The lowest BCUT2D eigenvalue weighted by atomic mass is 9.89. The zero-order valence-electron chi connectivity index (χ0n) is 16.5. The Morgan fingerprint density at radius 1 is 0.808 bits per heavy atom. The molecule has 1 rings (SSSR count).